The van der Waals surface area contributed by atoms with Crippen LogP contribution in [0.3, 0.4) is 0 Å². The van der Waals surface area contributed by atoms with Crippen molar-refractivity contribution in [3.05, 3.63) is 0 Å². The number of nitrogens with two attached hydrogens (primary N) is 1. The number of aliphatic hydroxyl groups is 1. The lowest BCUT2D eigenvalue weighted by atomic mass is 10.2. The molecule has 21 heavy (non-hydrogen) atoms. The predicted molar refractivity (Wildman–Crippen MR) is 79.9 cm³/mol. The van der Waals surface area contributed by atoms with Crippen molar-refractivity contribution in [3.63, 3.8) is 0 Å². The standard InChI is InChI=1S/C13H22N4O3S/c1-21(19,20)11-12(14)17(9-3-2-4-10(9)18)16-13(11)15-7-8-5-6-8/h8-10,18H,2-7,14H2,1H3,(H,15,16). The van der Waals surface area contributed by atoms with Crippen LogP contribution in [0, 0.1) is 5.92 Å². The Hall–Kier alpha value is -1.28. The quantitative estimate of drug-likeness (QED) is 0.740. The molecule has 2 fully saturated rings. The lowest BCUT2D eigenvalue weighted by Gasteiger charge is -2.16. The van der Waals surface area contributed by atoms with Gasteiger partial charge < -0.3 is 16.2 Å². The monoisotopic (exact) mass is 314 g/mol. The number of hydrogen-bond acceptors (Lipinski definition) is 6. The first-order chi connectivity index (χ1) is 9.88. The SMILES string of the molecule is CS(=O)(=O)c1c(NCC2CC2)nn(C2CCCC2O)c1N. The summed E-state index contributed by atoms with van der Waals surface area (Å²) < 4.78 is 25.5. The molecule has 2 atom stereocenters. The van der Waals surface area contributed by atoms with Crippen LogP contribution >= 0.6 is 0 Å². The second-order valence-corrected chi connectivity index (χ2v) is 8.12. The molecule has 1 heterocycles. The Labute approximate surface area is 124 Å². The highest BCUT2D eigenvalue weighted by Gasteiger charge is 2.33. The summed E-state index contributed by atoms with van der Waals surface area (Å²) in [5.41, 5.74) is 6.02. The molecule has 0 saturated heterocycles. The fraction of sp³-hybridized carbons (Fsp3) is 0.769. The number of rotatable bonds is 5. The third-order valence-corrected chi connectivity index (χ3v) is 5.43. The Balaban J connectivity index is 1.97. The Morgan fingerprint density at radius 3 is 2.62 bits per heavy atom. The lowest BCUT2D eigenvalue weighted by molar-refractivity contribution is 0.131. The second-order valence-electron chi connectivity index (χ2n) is 6.17. The smallest absolute Gasteiger partial charge is 0.182 e. The summed E-state index contributed by atoms with van der Waals surface area (Å²) in [6.45, 7) is 0.714. The summed E-state index contributed by atoms with van der Waals surface area (Å²) in [6, 6.07) is -0.234. The van der Waals surface area contributed by atoms with Gasteiger partial charge in [0.25, 0.3) is 0 Å². The molecule has 2 aliphatic carbocycles. The zero-order valence-corrected chi connectivity index (χ0v) is 12.9. The molecule has 2 aliphatic rings. The van der Waals surface area contributed by atoms with Gasteiger partial charge in [-0.05, 0) is 38.0 Å². The van der Waals surface area contributed by atoms with Gasteiger partial charge in [0.1, 0.15) is 5.82 Å². The molecule has 0 radical (unpaired) electrons. The van der Waals surface area contributed by atoms with Crippen LogP contribution < -0.4 is 11.1 Å². The van der Waals surface area contributed by atoms with Crippen LogP contribution in [0.5, 0.6) is 0 Å². The van der Waals surface area contributed by atoms with E-state index in [-0.39, 0.29) is 16.8 Å². The van der Waals surface area contributed by atoms with E-state index in [0.717, 1.165) is 19.1 Å². The van der Waals surface area contributed by atoms with Crippen molar-refractivity contribution in [2.24, 2.45) is 5.92 Å². The molecular formula is C13H22N4O3S. The number of aliphatic hydroxyl groups excluding tert-OH is 1. The highest BCUT2D eigenvalue weighted by Crippen LogP contribution is 2.37. The molecule has 0 aromatic carbocycles. The van der Waals surface area contributed by atoms with Crippen molar-refractivity contribution < 1.29 is 13.5 Å². The fourth-order valence-electron chi connectivity index (χ4n) is 2.94. The van der Waals surface area contributed by atoms with Crippen LogP contribution in [0.2, 0.25) is 0 Å². The molecule has 0 spiro atoms. The van der Waals surface area contributed by atoms with E-state index in [2.05, 4.69) is 10.4 Å². The Morgan fingerprint density at radius 1 is 1.38 bits per heavy atom. The number of anilines is 2. The molecule has 8 heteroatoms. The number of sulfone groups is 1. The van der Waals surface area contributed by atoms with E-state index in [1.165, 1.54) is 17.5 Å². The van der Waals surface area contributed by atoms with Gasteiger partial charge in [-0.3, -0.25) is 0 Å². The largest absolute Gasteiger partial charge is 0.391 e. The first-order valence-corrected chi connectivity index (χ1v) is 9.27. The van der Waals surface area contributed by atoms with Crippen molar-refractivity contribution in [1.82, 2.24) is 9.78 Å². The first kappa shape index (κ1) is 14.6. The van der Waals surface area contributed by atoms with E-state index in [1.54, 1.807) is 0 Å². The predicted octanol–water partition coefficient (Wildman–Crippen LogP) is 0.777. The minimum Gasteiger partial charge on any atom is -0.391 e. The van der Waals surface area contributed by atoms with Crippen LogP contribution in [0.4, 0.5) is 11.6 Å². The third kappa shape index (κ3) is 2.87. The zero-order valence-electron chi connectivity index (χ0n) is 12.1. The number of nitrogens with one attached hydrogen (secondary N) is 1. The van der Waals surface area contributed by atoms with Gasteiger partial charge >= 0.3 is 0 Å². The van der Waals surface area contributed by atoms with Gasteiger partial charge in [0.2, 0.25) is 0 Å². The molecule has 0 bridgehead atoms. The van der Waals surface area contributed by atoms with E-state index in [4.69, 9.17) is 5.73 Å². The highest BCUT2D eigenvalue weighted by atomic mass is 32.2. The molecule has 1 aromatic heterocycles. The minimum atomic E-state index is -3.47. The van der Waals surface area contributed by atoms with Crippen molar-refractivity contribution >= 4 is 21.5 Å². The maximum atomic E-state index is 12.0. The van der Waals surface area contributed by atoms with Crippen molar-refractivity contribution in [2.45, 2.75) is 49.1 Å². The Kier molecular flexibility index (Phi) is 3.61. The van der Waals surface area contributed by atoms with Gasteiger partial charge in [0, 0.05) is 12.8 Å². The summed E-state index contributed by atoms with van der Waals surface area (Å²) in [6.07, 6.45) is 5.30. The molecule has 118 valence electrons. The molecule has 2 saturated carbocycles. The van der Waals surface area contributed by atoms with Crippen LogP contribution in [0.25, 0.3) is 0 Å². The zero-order chi connectivity index (χ0) is 15.2. The van der Waals surface area contributed by atoms with E-state index >= 15 is 0 Å². The summed E-state index contributed by atoms with van der Waals surface area (Å²) in [5, 5.41) is 17.5. The van der Waals surface area contributed by atoms with Gasteiger partial charge in [-0.1, -0.05) is 0 Å². The topological polar surface area (TPSA) is 110 Å². The maximum Gasteiger partial charge on any atom is 0.182 e. The molecule has 0 amide bonds. The number of hydrogen-bond donors (Lipinski definition) is 3. The summed E-state index contributed by atoms with van der Waals surface area (Å²) in [5.74, 6) is 1.05. The summed E-state index contributed by atoms with van der Waals surface area (Å²) in [7, 11) is -3.47. The van der Waals surface area contributed by atoms with Gasteiger partial charge in [-0.25, -0.2) is 13.1 Å². The number of aromatic nitrogens is 2. The van der Waals surface area contributed by atoms with Gasteiger partial charge in [-0.2, -0.15) is 5.10 Å². The fourth-order valence-corrected chi connectivity index (χ4v) is 3.87. The lowest BCUT2D eigenvalue weighted by Crippen LogP contribution is -2.21. The average Bonchev–Trinajstić information content (AvgIpc) is 3.03. The molecule has 4 N–H and O–H groups in total. The minimum absolute atomic E-state index is 0.0576. The van der Waals surface area contributed by atoms with Crippen molar-refractivity contribution in [2.75, 3.05) is 23.9 Å². The van der Waals surface area contributed by atoms with Crippen LogP contribution in [0.15, 0.2) is 4.90 Å². The normalized spacial score (nSPS) is 26.2. The van der Waals surface area contributed by atoms with Gasteiger partial charge in [-0.15, -0.1) is 0 Å². The van der Waals surface area contributed by atoms with E-state index in [0.29, 0.717) is 24.7 Å². The average molecular weight is 314 g/mol. The first-order valence-electron chi connectivity index (χ1n) is 7.38. The molecule has 1 aromatic rings. The van der Waals surface area contributed by atoms with E-state index in [1.807, 2.05) is 0 Å². The molecule has 7 nitrogen and oxygen atoms in total. The Morgan fingerprint density at radius 2 is 2.10 bits per heavy atom. The highest BCUT2D eigenvalue weighted by molar-refractivity contribution is 7.91. The molecule has 3 rings (SSSR count). The van der Waals surface area contributed by atoms with Crippen molar-refractivity contribution in [1.29, 1.82) is 0 Å². The van der Waals surface area contributed by atoms with Gasteiger partial charge in [0.15, 0.2) is 20.6 Å². The number of nitrogen functional groups attached to an aromatic ring is 1. The maximum absolute atomic E-state index is 12.0. The van der Waals surface area contributed by atoms with Crippen LogP contribution in [-0.2, 0) is 9.84 Å². The van der Waals surface area contributed by atoms with Crippen molar-refractivity contribution in [3.8, 4) is 0 Å². The van der Waals surface area contributed by atoms with Crippen LogP contribution in [0.1, 0.15) is 38.1 Å². The number of nitrogens with zero attached hydrogens (tertiary/aromatic N) is 2. The molecular weight excluding hydrogens is 292 g/mol. The molecule has 2 unspecified atom stereocenters. The third-order valence-electron chi connectivity index (χ3n) is 4.29. The second kappa shape index (κ2) is 5.17. The summed E-state index contributed by atoms with van der Waals surface area (Å²) >= 11 is 0. The van der Waals surface area contributed by atoms with E-state index < -0.39 is 15.9 Å². The van der Waals surface area contributed by atoms with Crippen LogP contribution in [-0.4, -0.2) is 42.2 Å². The van der Waals surface area contributed by atoms with E-state index in [9.17, 15) is 13.5 Å². The van der Waals surface area contributed by atoms with Gasteiger partial charge in [0.05, 0.1) is 12.1 Å². The molecule has 0 aliphatic heterocycles. The summed E-state index contributed by atoms with van der Waals surface area (Å²) in [4.78, 5) is 0.0576. The Bertz CT molecular complexity index is 636.